The van der Waals surface area contributed by atoms with Crippen LogP contribution < -0.4 is 5.32 Å². The lowest BCUT2D eigenvalue weighted by molar-refractivity contribution is -0.135. The molecule has 1 N–H and O–H groups in total. The van der Waals surface area contributed by atoms with Gasteiger partial charge in [0.25, 0.3) is 0 Å². The Bertz CT molecular complexity index is 299. The van der Waals surface area contributed by atoms with Gasteiger partial charge < -0.3 is 10.2 Å². The smallest absolute Gasteiger partial charge is 0.226 e. The van der Waals surface area contributed by atoms with Gasteiger partial charge in [0, 0.05) is 19.6 Å². The van der Waals surface area contributed by atoms with Crippen LogP contribution in [0.4, 0.5) is 0 Å². The first-order valence-electron chi connectivity index (χ1n) is 6.60. The van der Waals surface area contributed by atoms with Gasteiger partial charge in [0.1, 0.15) is 0 Å². The van der Waals surface area contributed by atoms with Crippen molar-refractivity contribution in [3.8, 4) is 0 Å². The highest BCUT2D eigenvalue weighted by Gasteiger charge is 2.62. The van der Waals surface area contributed by atoms with E-state index in [2.05, 4.69) is 24.1 Å². The number of amides is 1. The van der Waals surface area contributed by atoms with Crippen molar-refractivity contribution in [2.45, 2.75) is 26.7 Å². The van der Waals surface area contributed by atoms with Crippen molar-refractivity contribution in [2.75, 3.05) is 26.2 Å². The Morgan fingerprint density at radius 3 is 2.47 bits per heavy atom. The Labute approximate surface area is 110 Å². The van der Waals surface area contributed by atoms with Crippen LogP contribution in [0.25, 0.3) is 0 Å². The summed E-state index contributed by atoms with van der Waals surface area (Å²) in [5.41, 5.74) is 0.515. The number of piperidine rings is 2. The molecule has 0 aromatic rings. The quantitative estimate of drug-likeness (QED) is 0.774. The Morgan fingerprint density at radius 2 is 1.94 bits per heavy atom. The lowest BCUT2D eigenvalue weighted by Gasteiger charge is -2.29. The molecule has 3 nitrogen and oxygen atoms in total. The van der Waals surface area contributed by atoms with Crippen LogP contribution >= 0.6 is 12.4 Å². The molecule has 1 saturated carbocycles. The van der Waals surface area contributed by atoms with E-state index in [9.17, 15) is 4.79 Å². The van der Waals surface area contributed by atoms with Gasteiger partial charge in [-0.3, -0.25) is 4.79 Å². The van der Waals surface area contributed by atoms with Gasteiger partial charge in [0.2, 0.25) is 5.91 Å². The number of carbonyl (C=O) groups is 1. The third-order valence-corrected chi connectivity index (χ3v) is 5.08. The van der Waals surface area contributed by atoms with Crippen LogP contribution in [0, 0.1) is 23.2 Å². The molecule has 1 amide bonds. The second-order valence-electron chi connectivity index (χ2n) is 6.32. The molecule has 0 aromatic carbocycles. The highest BCUT2D eigenvalue weighted by atomic mass is 35.5. The summed E-state index contributed by atoms with van der Waals surface area (Å²) in [6, 6.07) is 0. The molecule has 0 aromatic heterocycles. The number of hydrogen-bond acceptors (Lipinski definition) is 2. The minimum atomic E-state index is 0. The number of halogens is 1. The number of hydrogen-bond donors (Lipinski definition) is 1. The van der Waals surface area contributed by atoms with Crippen molar-refractivity contribution in [1.29, 1.82) is 0 Å². The van der Waals surface area contributed by atoms with E-state index in [1.807, 2.05) is 0 Å². The van der Waals surface area contributed by atoms with E-state index < -0.39 is 0 Å². The predicted molar refractivity (Wildman–Crippen MR) is 70.2 cm³/mol. The Hall–Kier alpha value is -0.280. The van der Waals surface area contributed by atoms with Gasteiger partial charge in [0.05, 0.1) is 5.92 Å². The maximum Gasteiger partial charge on any atom is 0.226 e. The molecule has 3 unspecified atom stereocenters. The second-order valence-corrected chi connectivity index (χ2v) is 6.32. The topological polar surface area (TPSA) is 32.3 Å². The average molecular weight is 259 g/mol. The normalized spacial score (nSPS) is 38.2. The average Bonchev–Trinajstić information content (AvgIpc) is 2.72. The van der Waals surface area contributed by atoms with Crippen molar-refractivity contribution in [3.05, 3.63) is 0 Å². The summed E-state index contributed by atoms with van der Waals surface area (Å²) in [6.07, 6.45) is 2.24. The minimum absolute atomic E-state index is 0. The molecule has 3 atom stereocenters. The number of fused-ring (bicyclic) bond motifs is 1. The van der Waals surface area contributed by atoms with Gasteiger partial charge in [-0.15, -0.1) is 12.4 Å². The summed E-state index contributed by atoms with van der Waals surface area (Å²) in [7, 11) is 0. The molecule has 2 heterocycles. The molecule has 1 aliphatic carbocycles. The molecule has 98 valence electrons. The Kier molecular flexibility index (Phi) is 3.43. The van der Waals surface area contributed by atoms with Gasteiger partial charge in [-0.25, -0.2) is 0 Å². The molecule has 17 heavy (non-hydrogen) atoms. The maximum absolute atomic E-state index is 12.3. The van der Waals surface area contributed by atoms with E-state index in [1.165, 1.54) is 0 Å². The molecule has 4 heteroatoms. The zero-order valence-electron chi connectivity index (χ0n) is 10.7. The SMILES string of the molecule is CC1(C)C2CN(C(=O)C3CCCNC3)CC21.Cl. The van der Waals surface area contributed by atoms with Crippen molar-refractivity contribution >= 4 is 18.3 Å². The van der Waals surface area contributed by atoms with E-state index >= 15 is 0 Å². The molecule has 3 aliphatic rings. The van der Waals surface area contributed by atoms with E-state index in [1.54, 1.807) is 0 Å². The second kappa shape index (κ2) is 4.43. The fourth-order valence-electron chi connectivity index (χ4n) is 3.63. The number of carbonyl (C=O) groups excluding carboxylic acids is 1. The van der Waals surface area contributed by atoms with Crippen LogP contribution in [0.15, 0.2) is 0 Å². The molecule has 3 fully saturated rings. The van der Waals surface area contributed by atoms with E-state index in [0.717, 1.165) is 50.9 Å². The summed E-state index contributed by atoms with van der Waals surface area (Å²) in [5.74, 6) is 2.24. The summed E-state index contributed by atoms with van der Waals surface area (Å²) < 4.78 is 0. The van der Waals surface area contributed by atoms with Crippen LogP contribution in [0.2, 0.25) is 0 Å². The summed E-state index contributed by atoms with van der Waals surface area (Å²) >= 11 is 0. The zero-order valence-corrected chi connectivity index (χ0v) is 11.6. The van der Waals surface area contributed by atoms with Crippen LogP contribution in [-0.2, 0) is 4.79 Å². The first kappa shape index (κ1) is 13.2. The standard InChI is InChI=1S/C13H22N2O.ClH/c1-13(2)10-7-15(8-11(10)13)12(16)9-4-3-5-14-6-9;/h9-11,14H,3-8H2,1-2H3;1H. The number of nitrogens with one attached hydrogen (secondary N) is 1. The van der Waals surface area contributed by atoms with Gasteiger partial charge in [0.15, 0.2) is 0 Å². The monoisotopic (exact) mass is 258 g/mol. The van der Waals surface area contributed by atoms with Crippen LogP contribution in [0.5, 0.6) is 0 Å². The number of nitrogens with zero attached hydrogens (tertiary/aromatic N) is 1. The third kappa shape index (κ3) is 2.08. The first-order chi connectivity index (χ1) is 7.60. The molecule has 2 aliphatic heterocycles. The van der Waals surface area contributed by atoms with Crippen molar-refractivity contribution in [1.82, 2.24) is 10.2 Å². The van der Waals surface area contributed by atoms with Crippen molar-refractivity contribution < 1.29 is 4.79 Å². The van der Waals surface area contributed by atoms with Crippen LogP contribution in [0.3, 0.4) is 0 Å². The lowest BCUT2D eigenvalue weighted by atomic mass is 9.97. The molecule has 0 bridgehead atoms. The molecule has 0 radical (unpaired) electrons. The maximum atomic E-state index is 12.3. The highest BCUT2D eigenvalue weighted by molar-refractivity contribution is 5.85. The first-order valence-corrected chi connectivity index (χ1v) is 6.60. The molecule has 3 rings (SSSR count). The fraction of sp³-hybridized carbons (Fsp3) is 0.923. The molecule has 2 saturated heterocycles. The fourth-order valence-corrected chi connectivity index (χ4v) is 3.63. The molecular formula is C13H23ClN2O. The summed E-state index contributed by atoms with van der Waals surface area (Å²) in [5, 5.41) is 3.33. The zero-order chi connectivity index (χ0) is 11.3. The molecule has 0 spiro atoms. The Balaban J connectivity index is 0.00000108. The third-order valence-electron chi connectivity index (χ3n) is 5.08. The minimum Gasteiger partial charge on any atom is -0.342 e. The molecular weight excluding hydrogens is 236 g/mol. The summed E-state index contributed by atoms with van der Waals surface area (Å²) in [4.78, 5) is 14.4. The Morgan fingerprint density at radius 1 is 1.29 bits per heavy atom. The largest absolute Gasteiger partial charge is 0.342 e. The van der Waals surface area contributed by atoms with E-state index in [-0.39, 0.29) is 18.3 Å². The van der Waals surface area contributed by atoms with Gasteiger partial charge >= 0.3 is 0 Å². The van der Waals surface area contributed by atoms with Crippen LogP contribution in [-0.4, -0.2) is 37.0 Å². The van der Waals surface area contributed by atoms with E-state index in [4.69, 9.17) is 0 Å². The van der Waals surface area contributed by atoms with Crippen LogP contribution in [0.1, 0.15) is 26.7 Å². The van der Waals surface area contributed by atoms with Gasteiger partial charge in [-0.1, -0.05) is 13.8 Å². The summed E-state index contributed by atoms with van der Waals surface area (Å²) in [6.45, 7) is 8.70. The lowest BCUT2D eigenvalue weighted by Crippen LogP contribution is -2.43. The van der Waals surface area contributed by atoms with Gasteiger partial charge in [-0.05, 0) is 36.6 Å². The van der Waals surface area contributed by atoms with Crippen molar-refractivity contribution in [3.63, 3.8) is 0 Å². The predicted octanol–water partition coefficient (Wildman–Crippen LogP) is 1.52. The highest BCUT2D eigenvalue weighted by Crippen LogP contribution is 2.62. The van der Waals surface area contributed by atoms with Gasteiger partial charge in [-0.2, -0.15) is 0 Å². The number of rotatable bonds is 1. The van der Waals surface area contributed by atoms with E-state index in [0.29, 0.717) is 11.3 Å². The number of likely N-dealkylation sites (tertiary alicyclic amines) is 1. The van der Waals surface area contributed by atoms with Crippen molar-refractivity contribution in [2.24, 2.45) is 23.2 Å².